The van der Waals surface area contributed by atoms with Gasteiger partial charge in [-0.3, -0.25) is 9.59 Å². The molecule has 3 rings (SSSR count). The van der Waals surface area contributed by atoms with Crippen molar-refractivity contribution in [3.05, 3.63) is 86.8 Å². The number of nitrogens with zero attached hydrogens (tertiary/aromatic N) is 2. The van der Waals surface area contributed by atoms with Crippen LogP contribution in [0, 0.1) is 0 Å². The molecule has 12 heteroatoms. The van der Waals surface area contributed by atoms with Crippen LogP contribution in [0.25, 0.3) is 11.4 Å². The summed E-state index contributed by atoms with van der Waals surface area (Å²) in [6.45, 7) is -1.81. The van der Waals surface area contributed by atoms with Crippen molar-refractivity contribution in [2.45, 2.75) is 25.3 Å². The number of aromatic nitrogens is 2. The highest BCUT2D eigenvalue weighted by Gasteiger charge is 2.34. The quantitative estimate of drug-likeness (QED) is 0.338. The Bertz CT molecular complexity index is 1240. The fraction of sp³-hybridized carbons (Fsp3) is 0.227. The Morgan fingerprint density at radius 1 is 1.00 bits per heavy atom. The van der Waals surface area contributed by atoms with Gasteiger partial charge in [-0.15, -0.1) is 0 Å². The molecule has 0 unspecified atom stereocenters. The molecule has 0 atom stereocenters. The van der Waals surface area contributed by atoms with E-state index in [0.717, 1.165) is 18.3 Å². The third-order valence-electron chi connectivity index (χ3n) is 4.54. The van der Waals surface area contributed by atoms with Gasteiger partial charge in [-0.2, -0.15) is 31.3 Å². The van der Waals surface area contributed by atoms with Crippen LogP contribution >= 0.6 is 11.6 Å². The van der Waals surface area contributed by atoms with Crippen molar-refractivity contribution in [1.82, 2.24) is 9.55 Å². The molecular weight excluding hydrogens is 490 g/mol. The maximum absolute atomic E-state index is 13.3. The van der Waals surface area contributed by atoms with Crippen molar-refractivity contribution in [3.8, 4) is 11.4 Å². The number of benzene rings is 2. The van der Waals surface area contributed by atoms with Crippen LogP contribution in [0.15, 0.2) is 59.5 Å². The number of carbonyl (C=O) groups is 1. The van der Waals surface area contributed by atoms with E-state index in [1.54, 1.807) is 30.3 Å². The number of ether oxygens (including phenoxy) is 1. The third kappa shape index (κ3) is 6.37. The third-order valence-corrected chi connectivity index (χ3v) is 4.95. The first-order valence-corrected chi connectivity index (χ1v) is 9.95. The fourth-order valence-corrected chi connectivity index (χ4v) is 3.38. The second-order valence-electron chi connectivity index (χ2n) is 7.13. The van der Waals surface area contributed by atoms with Crippen LogP contribution < -0.4 is 5.56 Å². The minimum Gasteiger partial charge on any atom is -0.456 e. The number of rotatable bonds is 6. The van der Waals surface area contributed by atoms with Gasteiger partial charge in [0.05, 0.1) is 17.0 Å². The first kappa shape index (κ1) is 25.3. The van der Waals surface area contributed by atoms with Gasteiger partial charge in [-0.25, -0.2) is 0 Å². The minimum absolute atomic E-state index is 0.0145. The molecule has 0 N–H and O–H groups in total. The summed E-state index contributed by atoms with van der Waals surface area (Å²) in [5.41, 5.74) is -1.96. The number of esters is 1. The minimum atomic E-state index is -4.76. The number of halogens is 7. The molecule has 1 aromatic heterocycles. The Morgan fingerprint density at radius 2 is 1.68 bits per heavy atom. The molecule has 0 radical (unpaired) electrons. The van der Waals surface area contributed by atoms with Gasteiger partial charge in [-0.05, 0) is 17.7 Å². The molecule has 0 spiro atoms. The van der Waals surface area contributed by atoms with Crippen LogP contribution in [-0.2, 0) is 28.7 Å². The number of hydrogen-bond acceptors (Lipinski definition) is 4. The van der Waals surface area contributed by atoms with Gasteiger partial charge in [0, 0.05) is 23.9 Å². The van der Waals surface area contributed by atoms with E-state index in [1.807, 2.05) is 0 Å². The lowest BCUT2D eigenvalue weighted by Crippen LogP contribution is -2.25. The van der Waals surface area contributed by atoms with E-state index in [1.165, 1.54) is 10.6 Å². The molecule has 2 aromatic carbocycles. The lowest BCUT2D eigenvalue weighted by molar-refractivity contribution is -0.185. The first-order chi connectivity index (χ1) is 15.8. The monoisotopic (exact) mass is 504 g/mol. The molecule has 0 saturated heterocycles. The molecule has 5 nitrogen and oxygen atoms in total. The van der Waals surface area contributed by atoms with Crippen molar-refractivity contribution in [2.24, 2.45) is 0 Å². The standard InChI is InChI=1S/C22H15ClF6N2O3/c23-18-15(7-4-8-16(18)22(27,28)29)19-30-20(33)14(9-17(32)34-12-21(24,25)26)11-31(19)10-13-5-2-1-3-6-13/h1-8,11H,9-10,12H2. The maximum Gasteiger partial charge on any atom is 0.422 e. The molecular formula is C22H15ClF6N2O3. The highest BCUT2D eigenvalue weighted by molar-refractivity contribution is 6.34. The van der Waals surface area contributed by atoms with E-state index >= 15 is 0 Å². The summed E-state index contributed by atoms with van der Waals surface area (Å²) in [6.07, 6.45) is -9.18. The molecule has 3 aromatic rings. The highest BCUT2D eigenvalue weighted by atomic mass is 35.5. The molecule has 0 fully saturated rings. The Labute approximate surface area is 193 Å². The zero-order valence-electron chi connectivity index (χ0n) is 17.1. The topological polar surface area (TPSA) is 61.2 Å². The van der Waals surface area contributed by atoms with Crippen LogP contribution in [0.2, 0.25) is 5.02 Å². The van der Waals surface area contributed by atoms with E-state index in [9.17, 15) is 35.9 Å². The molecule has 1 heterocycles. The van der Waals surface area contributed by atoms with Gasteiger partial charge in [0.25, 0.3) is 5.56 Å². The van der Waals surface area contributed by atoms with Crippen LogP contribution in [0.4, 0.5) is 26.3 Å². The SMILES string of the molecule is O=C(Cc1cn(Cc2ccccc2)c(-c2cccc(C(F)(F)F)c2Cl)nc1=O)OCC(F)(F)F. The average molecular weight is 505 g/mol. The van der Waals surface area contributed by atoms with Gasteiger partial charge < -0.3 is 9.30 Å². The van der Waals surface area contributed by atoms with Gasteiger partial charge in [-0.1, -0.05) is 48.0 Å². The average Bonchev–Trinajstić information content (AvgIpc) is 2.74. The summed E-state index contributed by atoms with van der Waals surface area (Å²) >= 11 is 6.01. The van der Waals surface area contributed by atoms with E-state index in [-0.39, 0.29) is 23.5 Å². The molecule has 0 aliphatic heterocycles. The largest absolute Gasteiger partial charge is 0.456 e. The Kier molecular flexibility index (Phi) is 7.35. The molecule has 34 heavy (non-hydrogen) atoms. The number of carbonyl (C=O) groups excluding carboxylic acids is 1. The summed E-state index contributed by atoms with van der Waals surface area (Å²) in [5, 5.41) is -0.680. The second-order valence-corrected chi connectivity index (χ2v) is 7.50. The normalized spacial score (nSPS) is 12.0. The zero-order valence-corrected chi connectivity index (χ0v) is 17.8. The van der Waals surface area contributed by atoms with Crippen molar-refractivity contribution in [2.75, 3.05) is 6.61 Å². The van der Waals surface area contributed by atoms with Gasteiger partial charge in [0.15, 0.2) is 6.61 Å². The maximum atomic E-state index is 13.3. The van der Waals surface area contributed by atoms with Crippen molar-refractivity contribution in [1.29, 1.82) is 0 Å². The summed E-state index contributed by atoms with van der Waals surface area (Å²) in [4.78, 5) is 28.1. The van der Waals surface area contributed by atoms with Gasteiger partial charge in [0.1, 0.15) is 5.82 Å². The van der Waals surface area contributed by atoms with Crippen LogP contribution in [-0.4, -0.2) is 28.3 Å². The van der Waals surface area contributed by atoms with E-state index < -0.39 is 47.5 Å². The molecule has 0 amide bonds. The fourth-order valence-electron chi connectivity index (χ4n) is 3.07. The number of hydrogen-bond donors (Lipinski definition) is 0. The number of alkyl halides is 6. The smallest absolute Gasteiger partial charge is 0.422 e. The van der Waals surface area contributed by atoms with Crippen molar-refractivity contribution >= 4 is 17.6 Å². The summed E-state index contributed by atoms with van der Waals surface area (Å²) < 4.78 is 82.3. The van der Waals surface area contributed by atoms with Crippen LogP contribution in [0.5, 0.6) is 0 Å². The van der Waals surface area contributed by atoms with Crippen molar-refractivity contribution < 1.29 is 35.9 Å². The summed E-state index contributed by atoms with van der Waals surface area (Å²) in [6, 6.07) is 11.7. The molecule has 0 bridgehead atoms. The van der Waals surface area contributed by atoms with Crippen LogP contribution in [0.1, 0.15) is 16.7 Å². The first-order valence-electron chi connectivity index (χ1n) is 9.58. The Morgan fingerprint density at radius 3 is 2.29 bits per heavy atom. The van der Waals surface area contributed by atoms with Crippen LogP contribution in [0.3, 0.4) is 0 Å². The van der Waals surface area contributed by atoms with E-state index in [0.29, 0.717) is 5.56 Å². The molecule has 0 aliphatic carbocycles. The Balaban J connectivity index is 2.07. The zero-order chi connectivity index (χ0) is 25.1. The van der Waals surface area contributed by atoms with E-state index in [4.69, 9.17) is 11.6 Å². The summed E-state index contributed by atoms with van der Waals surface area (Å²) in [7, 11) is 0. The molecule has 180 valence electrons. The lowest BCUT2D eigenvalue weighted by atomic mass is 10.1. The van der Waals surface area contributed by atoms with Gasteiger partial charge in [0.2, 0.25) is 0 Å². The molecule has 0 saturated carbocycles. The van der Waals surface area contributed by atoms with Gasteiger partial charge >= 0.3 is 18.3 Å². The van der Waals surface area contributed by atoms with E-state index in [2.05, 4.69) is 9.72 Å². The lowest BCUT2D eigenvalue weighted by Gasteiger charge is -2.17. The summed E-state index contributed by atoms with van der Waals surface area (Å²) in [5.74, 6) is -1.52. The second kappa shape index (κ2) is 9.88. The molecule has 0 aliphatic rings. The highest BCUT2D eigenvalue weighted by Crippen LogP contribution is 2.39. The Hall–Kier alpha value is -3.34. The van der Waals surface area contributed by atoms with Crippen molar-refractivity contribution in [3.63, 3.8) is 0 Å². The predicted molar refractivity (Wildman–Crippen MR) is 110 cm³/mol. The predicted octanol–water partition coefficient (Wildman–Crippen LogP) is 5.28.